The number of sulfonamides is 1. The second-order valence-corrected chi connectivity index (χ2v) is 10.1. The summed E-state index contributed by atoms with van der Waals surface area (Å²) < 4.78 is 32.7. The van der Waals surface area contributed by atoms with Crippen molar-refractivity contribution < 1.29 is 22.7 Å². The van der Waals surface area contributed by atoms with Crippen LogP contribution in [0.15, 0.2) is 29.2 Å². The molecular formula is C19H30ClN3O5S. The van der Waals surface area contributed by atoms with E-state index in [1.807, 2.05) is 19.0 Å². The number of likely N-dealkylation sites (N-methyl/N-ethyl adjacent to an activating group) is 1. The van der Waals surface area contributed by atoms with Crippen LogP contribution < -0.4 is 4.72 Å². The second kappa shape index (κ2) is 10.4. The van der Waals surface area contributed by atoms with Crippen LogP contribution in [0.1, 0.15) is 27.7 Å². The van der Waals surface area contributed by atoms with Gasteiger partial charge in [0.05, 0.1) is 10.9 Å². The number of rotatable bonds is 9. The third kappa shape index (κ3) is 9.12. The normalized spacial score (nSPS) is 13.2. The molecule has 0 saturated heterocycles. The van der Waals surface area contributed by atoms with Gasteiger partial charge in [0.25, 0.3) is 0 Å². The Morgan fingerprint density at radius 2 is 1.69 bits per heavy atom. The van der Waals surface area contributed by atoms with E-state index in [4.69, 9.17) is 16.3 Å². The van der Waals surface area contributed by atoms with Crippen molar-refractivity contribution in [1.82, 2.24) is 14.5 Å². The minimum Gasteiger partial charge on any atom is -0.459 e. The quantitative estimate of drug-likeness (QED) is 0.579. The molecule has 0 fully saturated rings. The lowest BCUT2D eigenvalue weighted by atomic mass is 10.2. The summed E-state index contributed by atoms with van der Waals surface area (Å²) in [5, 5.41) is 0.403. The van der Waals surface area contributed by atoms with Crippen molar-refractivity contribution in [1.29, 1.82) is 0 Å². The molecule has 0 aromatic heterocycles. The number of carbonyl (C=O) groups is 2. The van der Waals surface area contributed by atoms with Gasteiger partial charge in [-0.1, -0.05) is 11.6 Å². The summed E-state index contributed by atoms with van der Waals surface area (Å²) in [5.41, 5.74) is -0.685. The largest absolute Gasteiger partial charge is 0.459 e. The highest BCUT2D eigenvalue weighted by Crippen LogP contribution is 2.15. The first kappa shape index (κ1) is 25.4. The SMILES string of the molecule is C[C@H](NS(=O)(=O)c1ccc(Cl)cc1)C(=O)N(CCN(C)C)CC(=O)OC(C)(C)C. The molecule has 0 aliphatic heterocycles. The van der Waals surface area contributed by atoms with Crippen LogP contribution in [0.2, 0.25) is 5.02 Å². The third-order valence-corrected chi connectivity index (χ3v) is 5.50. The van der Waals surface area contributed by atoms with Gasteiger partial charge in [0.1, 0.15) is 12.1 Å². The van der Waals surface area contributed by atoms with Gasteiger partial charge in [-0.15, -0.1) is 0 Å². The number of hydrogen-bond acceptors (Lipinski definition) is 6. The molecule has 0 unspecified atom stereocenters. The molecule has 0 aliphatic rings. The summed E-state index contributed by atoms with van der Waals surface area (Å²) in [5.74, 6) is -1.08. The molecule has 0 saturated carbocycles. The van der Waals surface area contributed by atoms with Crippen molar-refractivity contribution in [2.24, 2.45) is 0 Å². The van der Waals surface area contributed by atoms with Crippen molar-refractivity contribution in [2.75, 3.05) is 33.7 Å². The highest BCUT2D eigenvalue weighted by molar-refractivity contribution is 7.89. The summed E-state index contributed by atoms with van der Waals surface area (Å²) in [7, 11) is -0.254. The predicted octanol–water partition coefficient (Wildman–Crippen LogP) is 1.74. The van der Waals surface area contributed by atoms with Gasteiger partial charge in [0.2, 0.25) is 15.9 Å². The summed E-state index contributed by atoms with van der Waals surface area (Å²) in [6, 6.07) is 4.54. The zero-order valence-corrected chi connectivity index (χ0v) is 19.3. The highest BCUT2D eigenvalue weighted by Gasteiger charge is 2.28. The maximum Gasteiger partial charge on any atom is 0.326 e. The van der Waals surface area contributed by atoms with Crippen molar-refractivity contribution in [3.8, 4) is 0 Å². The topological polar surface area (TPSA) is 96.0 Å². The van der Waals surface area contributed by atoms with E-state index in [1.165, 1.54) is 36.1 Å². The van der Waals surface area contributed by atoms with Gasteiger partial charge in [-0.05, 0) is 66.1 Å². The highest BCUT2D eigenvalue weighted by atomic mass is 35.5. The lowest BCUT2D eigenvalue weighted by molar-refractivity contribution is -0.159. The van der Waals surface area contributed by atoms with Crippen LogP contribution in [0.5, 0.6) is 0 Å². The van der Waals surface area contributed by atoms with E-state index in [1.54, 1.807) is 20.8 Å². The average Bonchev–Trinajstić information content (AvgIpc) is 2.56. The predicted molar refractivity (Wildman–Crippen MR) is 112 cm³/mol. The standard InChI is InChI=1S/C19H30ClN3O5S/c1-14(21-29(26,27)16-9-7-15(20)8-10-16)18(25)23(12-11-22(5)6)13-17(24)28-19(2,3)4/h7-10,14,21H,11-13H2,1-6H3/t14-/m0/s1. The van der Waals surface area contributed by atoms with Crippen molar-refractivity contribution in [3.63, 3.8) is 0 Å². The summed E-state index contributed by atoms with van der Waals surface area (Å²) >= 11 is 5.79. The van der Waals surface area contributed by atoms with Gasteiger partial charge in [-0.25, -0.2) is 8.42 Å². The van der Waals surface area contributed by atoms with Gasteiger partial charge >= 0.3 is 5.97 Å². The molecule has 8 nitrogen and oxygen atoms in total. The third-order valence-electron chi connectivity index (χ3n) is 3.70. The van der Waals surface area contributed by atoms with Crippen LogP contribution >= 0.6 is 11.6 Å². The van der Waals surface area contributed by atoms with Gasteiger partial charge in [0, 0.05) is 18.1 Å². The monoisotopic (exact) mass is 447 g/mol. The molecule has 0 bridgehead atoms. The second-order valence-electron chi connectivity index (χ2n) is 7.95. The van der Waals surface area contributed by atoms with Crippen molar-refractivity contribution in [3.05, 3.63) is 29.3 Å². The molecular weight excluding hydrogens is 418 g/mol. The summed E-state index contributed by atoms with van der Waals surface area (Å²) in [6.45, 7) is 7.13. The number of nitrogens with zero attached hydrogens (tertiary/aromatic N) is 2. The Balaban J connectivity index is 2.92. The fourth-order valence-electron chi connectivity index (χ4n) is 2.36. The number of amides is 1. The molecule has 1 atom stereocenters. The van der Waals surface area contributed by atoms with Crippen LogP contribution in [-0.4, -0.2) is 75.5 Å². The van der Waals surface area contributed by atoms with E-state index >= 15 is 0 Å². The Morgan fingerprint density at radius 3 is 2.17 bits per heavy atom. The maximum absolute atomic E-state index is 12.9. The number of benzene rings is 1. The number of ether oxygens (including phenoxy) is 1. The number of halogens is 1. The van der Waals surface area contributed by atoms with Gasteiger partial charge in [-0.3, -0.25) is 9.59 Å². The fourth-order valence-corrected chi connectivity index (χ4v) is 3.68. The minimum absolute atomic E-state index is 0.00599. The van der Waals surface area contributed by atoms with Crippen LogP contribution in [0.3, 0.4) is 0 Å². The number of esters is 1. The van der Waals surface area contributed by atoms with Gasteiger partial charge < -0.3 is 14.5 Å². The van der Waals surface area contributed by atoms with E-state index in [-0.39, 0.29) is 18.0 Å². The summed E-state index contributed by atoms with van der Waals surface area (Å²) in [4.78, 5) is 28.2. The Kier molecular flexibility index (Phi) is 9.08. The van der Waals surface area contributed by atoms with E-state index < -0.39 is 33.5 Å². The molecule has 164 valence electrons. The van der Waals surface area contributed by atoms with Gasteiger partial charge in [0.15, 0.2) is 0 Å². The van der Waals surface area contributed by atoms with Crippen LogP contribution in [0.25, 0.3) is 0 Å². The molecule has 1 amide bonds. The maximum atomic E-state index is 12.9. The minimum atomic E-state index is -3.93. The van der Waals surface area contributed by atoms with Crippen molar-refractivity contribution in [2.45, 2.75) is 44.2 Å². The van der Waals surface area contributed by atoms with E-state index in [0.717, 1.165) is 0 Å². The zero-order valence-electron chi connectivity index (χ0n) is 17.7. The molecule has 1 aromatic carbocycles. The lowest BCUT2D eigenvalue weighted by Gasteiger charge is -2.28. The number of nitrogens with one attached hydrogen (secondary N) is 1. The molecule has 0 spiro atoms. The molecule has 1 N–H and O–H groups in total. The zero-order chi connectivity index (χ0) is 22.4. The average molecular weight is 448 g/mol. The molecule has 1 rings (SSSR count). The molecule has 1 aromatic rings. The number of carbonyl (C=O) groups excluding carboxylic acids is 2. The Labute approximate surface area is 178 Å². The Hall–Kier alpha value is -1.68. The Morgan fingerprint density at radius 1 is 1.14 bits per heavy atom. The van der Waals surface area contributed by atoms with E-state index in [9.17, 15) is 18.0 Å². The lowest BCUT2D eigenvalue weighted by Crippen LogP contribution is -2.50. The fraction of sp³-hybridized carbons (Fsp3) is 0.579. The summed E-state index contributed by atoms with van der Waals surface area (Å²) in [6.07, 6.45) is 0. The van der Waals surface area contributed by atoms with Crippen molar-refractivity contribution >= 4 is 33.5 Å². The molecule has 0 aliphatic carbocycles. The van der Waals surface area contributed by atoms with Gasteiger partial charge in [-0.2, -0.15) is 4.72 Å². The molecule has 0 radical (unpaired) electrons. The first-order chi connectivity index (χ1) is 13.2. The van der Waals surface area contributed by atoms with E-state index in [2.05, 4.69) is 4.72 Å². The molecule has 10 heteroatoms. The van der Waals surface area contributed by atoms with Crippen LogP contribution in [0.4, 0.5) is 0 Å². The van der Waals surface area contributed by atoms with E-state index in [0.29, 0.717) is 11.6 Å². The molecule has 0 heterocycles. The first-order valence-corrected chi connectivity index (χ1v) is 11.0. The first-order valence-electron chi connectivity index (χ1n) is 9.14. The van der Waals surface area contributed by atoms with Crippen LogP contribution in [0, 0.1) is 0 Å². The molecule has 29 heavy (non-hydrogen) atoms. The van der Waals surface area contributed by atoms with Crippen LogP contribution in [-0.2, 0) is 24.3 Å². The Bertz CT molecular complexity index is 804. The smallest absolute Gasteiger partial charge is 0.326 e. The number of hydrogen-bond donors (Lipinski definition) is 1.